The lowest BCUT2D eigenvalue weighted by atomic mass is 9.99. The van der Waals surface area contributed by atoms with Gasteiger partial charge in [-0.1, -0.05) is 25.4 Å². The fraction of sp³-hybridized carbons (Fsp3) is 0.600. The topological polar surface area (TPSA) is 21.3 Å². The number of ether oxygens (including phenoxy) is 1. The molecule has 0 amide bonds. The second kappa shape index (κ2) is 8.51. The lowest BCUT2D eigenvalue weighted by Crippen LogP contribution is -2.42. The van der Waals surface area contributed by atoms with E-state index in [4.69, 9.17) is 16.3 Å². The largest absolute Gasteiger partial charge is 0.380 e. The van der Waals surface area contributed by atoms with E-state index in [9.17, 15) is 4.39 Å². The van der Waals surface area contributed by atoms with E-state index in [1.807, 2.05) is 0 Å². The molecule has 0 aliphatic heterocycles. The summed E-state index contributed by atoms with van der Waals surface area (Å²) < 4.78 is 18.8. The maximum Gasteiger partial charge on any atom is 0.123 e. The van der Waals surface area contributed by atoms with Gasteiger partial charge in [-0.25, -0.2) is 4.39 Å². The highest BCUT2D eigenvalue weighted by molar-refractivity contribution is 6.31. The molecule has 19 heavy (non-hydrogen) atoms. The molecule has 1 rings (SSSR count). The molecule has 2 unspecified atom stereocenters. The Morgan fingerprint density at radius 1 is 1.37 bits per heavy atom. The molecule has 108 valence electrons. The Kier molecular flexibility index (Phi) is 7.36. The van der Waals surface area contributed by atoms with Crippen LogP contribution < -0.4 is 5.32 Å². The number of hydrogen-bond donors (Lipinski definition) is 1. The molecule has 0 radical (unpaired) electrons. The molecule has 0 aliphatic rings. The van der Waals surface area contributed by atoms with Gasteiger partial charge in [-0.2, -0.15) is 0 Å². The van der Waals surface area contributed by atoms with Crippen LogP contribution in [0, 0.1) is 5.82 Å². The van der Waals surface area contributed by atoms with Crippen LogP contribution in [0.1, 0.15) is 32.3 Å². The van der Waals surface area contributed by atoms with E-state index in [-0.39, 0.29) is 18.0 Å². The van der Waals surface area contributed by atoms with Gasteiger partial charge in [0.05, 0.1) is 6.10 Å². The first kappa shape index (κ1) is 16.4. The van der Waals surface area contributed by atoms with Gasteiger partial charge in [-0.05, 0) is 49.6 Å². The van der Waals surface area contributed by atoms with Crippen LogP contribution in [0.15, 0.2) is 18.2 Å². The third kappa shape index (κ3) is 5.09. The average Bonchev–Trinajstić information content (AvgIpc) is 2.41. The van der Waals surface area contributed by atoms with Gasteiger partial charge >= 0.3 is 0 Å². The van der Waals surface area contributed by atoms with Crippen LogP contribution in [0.2, 0.25) is 5.02 Å². The van der Waals surface area contributed by atoms with E-state index in [0.717, 1.165) is 24.9 Å². The lowest BCUT2D eigenvalue weighted by Gasteiger charge is -2.26. The molecule has 0 heterocycles. The first-order chi connectivity index (χ1) is 9.12. The SMILES string of the molecule is CCCNC(Cc1cc(F)ccc1Cl)C(CC)OC. The molecule has 0 fully saturated rings. The number of nitrogens with one attached hydrogen (secondary N) is 1. The van der Waals surface area contributed by atoms with Crippen LogP contribution in [0.4, 0.5) is 4.39 Å². The summed E-state index contributed by atoms with van der Waals surface area (Å²) in [5.41, 5.74) is 0.825. The summed E-state index contributed by atoms with van der Waals surface area (Å²) in [4.78, 5) is 0. The predicted molar refractivity (Wildman–Crippen MR) is 78.3 cm³/mol. The summed E-state index contributed by atoms with van der Waals surface area (Å²) in [6.45, 7) is 5.12. The first-order valence-corrected chi connectivity index (χ1v) is 7.20. The zero-order chi connectivity index (χ0) is 14.3. The van der Waals surface area contributed by atoms with Gasteiger partial charge in [0, 0.05) is 18.2 Å². The molecule has 2 nitrogen and oxygen atoms in total. The minimum Gasteiger partial charge on any atom is -0.380 e. The molecule has 1 N–H and O–H groups in total. The van der Waals surface area contributed by atoms with Crippen LogP contribution >= 0.6 is 11.6 Å². The summed E-state index contributed by atoms with van der Waals surface area (Å²) >= 11 is 6.13. The Morgan fingerprint density at radius 2 is 2.11 bits per heavy atom. The Labute approximate surface area is 120 Å². The normalized spacial score (nSPS) is 14.4. The van der Waals surface area contributed by atoms with Crippen LogP contribution in [0.25, 0.3) is 0 Å². The van der Waals surface area contributed by atoms with Crippen molar-refractivity contribution < 1.29 is 9.13 Å². The number of rotatable bonds is 8. The fourth-order valence-electron chi connectivity index (χ4n) is 2.22. The van der Waals surface area contributed by atoms with Crippen molar-refractivity contribution in [1.82, 2.24) is 5.32 Å². The molecule has 0 saturated heterocycles. The average molecular weight is 288 g/mol. The number of halogens is 2. The van der Waals surface area contributed by atoms with E-state index < -0.39 is 0 Å². The fourth-order valence-corrected chi connectivity index (χ4v) is 2.41. The van der Waals surface area contributed by atoms with Crippen LogP contribution in [0.5, 0.6) is 0 Å². The van der Waals surface area contributed by atoms with Crippen LogP contribution in [0.3, 0.4) is 0 Å². The summed E-state index contributed by atoms with van der Waals surface area (Å²) in [5, 5.41) is 4.07. The Hall–Kier alpha value is -0.640. The van der Waals surface area contributed by atoms with Crippen molar-refractivity contribution in [2.45, 2.75) is 45.3 Å². The quantitative estimate of drug-likeness (QED) is 0.785. The van der Waals surface area contributed by atoms with Crippen LogP contribution in [-0.4, -0.2) is 25.8 Å². The lowest BCUT2D eigenvalue weighted by molar-refractivity contribution is 0.0653. The van der Waals surface area contributed by atoms with Crippen molar-refractivity contribution in [2.24, 2.45) is 0 Å². The third-order valence-corrected chi connectivity index (χ3v) is 3.63. The van der Waals surface area contributed by atoms with E-state index in [1.54, 1.807) is 13.2 Å². The van der Waals surface area contributed by atoms with Crippen molar-refractivity contribution in [1.29, 1.82) is 0 Å². The number of hydrogen-bond acceptors (Lipinski definition) is 2. The monoisotopic (exact) mass is 287 g/mol. The number of benzene rings is 1. The third-order valence-electron chi connectivity index (χ3n) is 3.26. The smallest absolute Gasteiger partial charge is 0.123 e. The summed E-state index contributed by atoms with van der Waals surface area (Å²) in [7, 11) is 1.71. The molecule has 2 atom stereocenters. The molecule has 1 aromatic carbocycles. The molecular weight excluding hydrogens is 265 g/mol. The zero-order valence-corrected chi connectivity index (χ0v) is 12.6. The van der Waals surface area contributed by atoms with E-state index in [2.05, 4.69) is 19.2 Å². The second-order valence-corrected chi connectivity index (χ2v) is 5.09. The van der Waals surface area contributed by atoms with Crippen molar-refractivity contribution in [3.05, 3.63) is 34.6 Å². The van der Waals surface area contributed by atoms with Gasteiger partial charge in [0.25, 0.3) is 0 Å². The highest BCUT2D eigenvalue weighted by atomic mass is 35.5. The zero-order valence-electron chi connectivity index (χ0n) is 11.9. The molecule has 0 saturated carbocycles. The van der Waals surface area contributed by atoms with Gasteiger partial charge in [0.15, 0.2) is 0 Å². The van der Waals surface area contributed by atoms with Crippen molar-refractivity contribution in [3.8, 4) is 0 Å². The van der Waals surface area contributed by atoms with Gasteiger partial charge < -0.3 is 10.1 Å². The van der Waals surface area contributed by atoms with Gasteiger partial charge in [0.2, 0.25) is 0 Å². The highest BCUT2D eigenvalue weighted by Gasteiger charge is 2.20. The van der Waals surface area contributed by atoms with Crippen molar-refractivity contribution >= 4 is 11.6 Å². The summed E-state index contributed by atoms with van der Waals surface area (Å²) in [5.74, 6) is -0.251. The molecule has 0 aromatic heterocycles. The maximum atomic E-state index is 13.3. The predicted octanol–water partition coefficient (Wildman–Crippen LogP) is 3.81. The second-order valence-electron chi connectivity index (χ2n) is 4.68. The Morgan fingerprint density at radius 3 is 2.68 bits per heavy atom. The Balaban J connectivity index is 2.83. The van der Waals surface area contributed by atoms with Gasteiger partial charge in [-0.3, -0.25) is 0 Å². The van der Waals surface area contributed by atoms with Gasteiger partial charge in [-0.15, -0.1) is 0 Å². The standard InChI is InChI=1S/C15H23ClFNO/c1-4-8-18-14(15(5-2)19-3)10-11-9-12(17)6-7-13(11)16/h6-7,9,14-15,18H,4-5,8,10H2,1-3H3. The van der Waals surface area contributed by atoms with Gasteiger partial charge in [0.1, 0.15) is 5.82 Å². The molecule has 4 heteroatoms. The summed E-state index contributed by atoms with van der Waals surface area (Å²) in [6, 6.07) is 4.64. The molecule has 0 bridgehead atoms. The van der Waals surface area contributed by atoms with E-state index in [0.29, 0.717) is 11.4 Å². The van der Waals surface area contributed by atoms with Crippen molar-refractivity contribution in [3.63, 3.8) is 0 Å². The molecule has 1 aromatic rings. The van der Waals surface area contributed by atoms with Crippen molar-refractivity contribution in [2.75, 3.05) is 13.7 Å². The maximum absolute atomic E-state index is 13.3. The van der Waals surface area contributed by atoms with E-state index in [1.165, 1.54) is 12.1 Å². The highest BCUT2D eigenvalue weighted by Crippen LogP contribution is 2.20. The first-order valence-electron chi connectivity index (χ1n) is 6.82. The number of methoxy groups -OCH3 is 1. The minimum atomic E-state index is -0.251. The molecule has 0 aliphatic carbocycles. The summed E-state index contributed by atoms with van der Waals surface area (Å²) in [6.07, 6.45) is 2.73. The minimum absolute atomic E-state index is 0.103. The Bertz CT molecular complexity index is 382. The molecular formula is C15H23ClFNO. The van der Waals surface area contributed by atoms with E-state index >= 15 is 0 Å². The van der Waals surface area contributed by atoms with Crippen LogP contribution in [-0.2, 0) is 11.2 Å². The molecule has 0 spiro atoms.